The first-order valence-corrected chi connectivity index (χ1v) is 6.86. The Kier molecular flexibility index (Phi) is 4.59. The lowest BCUT2D eigenvalue weighted by molar-refractivity contribution is -0.402. The van der Waals surface area contributed by atoms with E-state index in [-0.39, 0.29) is 11.5 Å². The van der Waals surface area contributed by atoms with Crippen LogP contribution in [0.3, 0.4) is 0 Å². The molecule has 0 radical (unpaired) electrons. The average molecular weight is 317 g/mol. The van der Waals surface area contributed by atoms with Gasteiger partial charge in [0.25, 0.3) is 0 Å². The Morgan fingerprint density at radius 3 is 2.52 bits per heavy atom. The summed E-state index contributed by atoms with van der Waals surface area (Å²) in [6.07, 6.45) is -1.04. The molecule has 7 nitrogen and oxygen atoms in total. The number of aryl methyl sites for hydroxylation is 2. The topological polar surface area (TPSA) is 99.7 Å². The number of carbonyl (C=O) groups is 2. The highest BCUT2D eigenvalue weighted by Gasteiger charge is 2.25. The quantitative estimate of drug-likeness (QED) is 0.363. The van der Waals surface area contributed by atoms with Gasteiger partial charge in [0.15, 0.2) is 6.10 Å². The molecule has 23 heavy (non-hydrogen) atoms. The van der Waals surface area contributed by atoms with Crippen molar-refractivity contribution in [3.05, 3.63) is 62.9 Å². The maximum Gasteiger partial charge on any atom is 0.433 e. The number of rotatable bonds is 5. The summed E-state index contributed by atoms with van der Waals surface area (Å²) in [6, 6.07) is 7.60. The summed E-state index contributed by atoms with van der Waals surface area (Å²) in [5.41, 5.74) is 2.16. The number of ketones is 1. The maximum absolute atomic E-state index is 12.4. The van der Waals surface area contributed by atoms with Gasteiger partial charge in [0, 0.05) is 5.56 Å². The highest BCUT2D eigenvalue weighted by atomic mass is 16.7. The molecule has 0 aliphatic rings. The smallest absolute Gasteiger partial charge is 0.433 e. The molecule has 120 valence electrons. The van der Waals surface area contributed by atoms with E-state index in [0.29, 0.717) is 5.56 Å². The summed E-state index contributed by atoms with van der Waals surface area (Å²) < 4.78 is 9.79. The van der Waals surface area contributed by atoms with Crippen molar-refractivity contribution >= 4 is 17.6 Å². The van der Waals surface area contributed by atoms with Crippen LogP contribution in [-0.4, -0.2) is 22.8 Å². The Hall–Kier alpha value is -2.96. The Morgan fingerprint density at radius 1 is 1.22 bits per heavy atom. The van der Waals surface area contributed by atoms with Crippen LogP contribution in [0.5, 0.6) is 0 Å². The first kappa shape index (κ1) is 16.4. The molecular weight excluding hydrogens is 302 g/mol. The Bertz CT molecular complexity index is 777. The molecule has 0 saturated carbocycles. The number of hydrogen-bond donors (Lipinski definition) is 0. The lowest BCUT2D eigenvalue weighted by Crippen LogP contribution is -2.25. The van der Waals surface area contributed by atoms with Gasteiger partial charge < -0.3 is 9.15 Å². The van der Waals surface area contributed by atoms with Crippen LogP contribution >= 0.6 is 0 Å². The van der Waals surface area contributed by atoms with Crippen molar-refractivity contribution in [3.8, 4) is 0 Å². The van der Waals surface area contributed by atoms with Crippen LogP contribution in [0.4, 0.5) is 5.88 Å². The van der Waals surface area contributed by atoms with E-state index in [4.69, 9.17) is 9.15 Å². The van der Waals surface area contributed by atoms with Crippen LogP contribution in [0.25, 0.3) is 0 Å². The Labute approximate surface area is 132 Å². The standard InChI is InChI=1S/C16H15NO6/c1-9-4-5-10(2)12(8-9)15(18)11(3)22-16(19)13-6-7-14(23-13)17(20)21/h4-8,11H,1-3H3/t11-/m1/s1. The van der Waals surface area contributed by atoms with Crippen molar-refractivity contribution in [2.24, 2.45) is 0 Å². The van der Waals surface area contributed by atoms with Crippen LogP contribution in [0, 0.1) is 24.0 Å². The second kappa shape index (κ2) is 6.43. The maximum atomic E-state index is 12.4. The molecule has 2 aromatic rings. The zero-order chi connectivity index (χ0) is 17.1. The van der Waals surface area contributed by atoms with Gasteiger partial charge in [-0.05, 0) is 38.5 Å². The second-order valence-corrected chi connectivity index (χ2v) is 5.13. The van der Waals surface area contributed by atoms with Gasteiger partial charge in [-0.15, -0.1) is 0 Å². The van der Waals surface area contributed by atoms with Crippen LogP contribution in [0.2, 0.25) is 0 Å². The van der Waals surface area contributed by atoms with E-state index in [1.807, 2.05) is 19.1 Å². The number of carbonyl (C=O) groups excluding carboxylic acids is 2. The zero-order valence-electron chi connectivity index (χ0n) is 12.9. The zero-order valence-corrected chi connectivity index (χ0v) is 12.9. The predicted octanol–water partition coefficient (Wildman–Crippen LogP) is 3.23. The third-order valence-corrected chi connectivity index (χ3v) is 3.28. The average Bonchev–Trinajstić information content (AvgIpc) is 2.99. The fourth-order valence-corrected chi connectivity index (χ4v) is 2.03. The summed E-state index contributed by atoms with van der Waals surface area (Å²) >= 11 is 0. The van der Waals surface area contributed by atoms with E-state index in [2.05, 4.69) is 0 Å². The van der Waals surface area contributed by atoms with Crippen molar-refractivity contribution in [2.75, 3.05) is 0 Å². The third-order valence-electron chi connectivity index (χ3n) is 3.28. The van der Waals surface area contributed by atoms with E-state index in [1.165, 1.54) is 6.92 Å². The Morgan fingerprint density at radius 2 is 1.91 bits per heavy atom. The molecule has 0 bridgehead atoms. The molecule has 0 unspecified atom stereocenters. The van der Waals surface area contributed by atoms with Crippen LogP contribution in [-0.2, 0) is 4.74 Å². The van der Waals surface area contributed by atoms with Crippen molar-refractivity contribution in [1.29, 1.82) is 0 Å². The van der Waals surface area contributed by atoms with Gasteiger partial charge in [-0.2, -0.15) is 0 Å². The summed E-state index contributed by atoms with van der Waals surface area (Å²) in [6.45, 7) is 5.09. The predicted molar refractivity (Wildman–Crippen MR) is 80.5 cm³/mol. The molecule has 1 heterocycles. The summed E-state index contributed by atoms with van der Waals surface area (Å²) in [7, 11) is 0. The molecule has 0 fully saturated rings. The molecule has 0 aliphatic carbocycles. The molecule has 1 aromatic heterocycles. The van der Waals surface area contributed by atoms with Gasteiger partial charge in [0.1, 0.15) is 4.92 Å². The number of ether oxygens (including phenoxy) is 1. The molecule has 0 aliphatic heterocycles. The van der Waals surface area contributed by atoms with Crippen LogP contribution in [0.15, 0.2) is 34.7 Å². The highest BCUT2D eigenvalue weighted by molar-refractivity contribution is 6.02. The molecular formula is C16H15NO6. The first-order valence-electron chi connectivity index (χ1n) is 6.86. The molecule has 0 amide bonds. The van der Waals surface area contributed by atoms with Crippen molar-refractivity contribution in [2.45, 2.75) is 26.9 Å². The fraction of sp³-hybridized carbons (Fsp3) is 0.250. The van der Waals surface area contributed by atoms with Crippen molar-refractivity contribution in [1.82, 2.24) is 0 Å². The van der Waals surface area contributed by atoms with Gasteiger partial charge in [0.05, 0.1) is 6.07 Å². The fourth-order valence-electron chi connectivity index (χ4n) is 2.03. The number of nitro groups is 1. The van der Waals surface area contributed by atoms with E-state index in [0.717, 1.165) is 23.3 Å². The molecule has 1 aromatic carbocycles. The largest absolute Gasteiger partial charge is 0.448 e. The number of benzene rings is 1. The van der Waals surface area contributed by atoms with Gasteiger partial charge in [0.2, 0.25) is 11.5 Å². The normalized spacial score (nSPS) is 11.8. The first-order chi connectivity index (χ1) is 10.8. The number of nitrogens with zero attached hydrogens (tertiary/aromatic N) is 1. The van der Waals surface area contributed by atoms with Gasteiger partial charge in [-0.3, -0.25) is 14.9 Å². The molecule has 0 saturated heterocycles. The molecule has 7 heteroatoms. The minimum Gasteiger partial charge on any atom is -0.448 e. The number of furan rings is 1. The summed E-state index contributed by atoms with van der Waals surface area (Å²) in [5, 5.41) is 10.5. The van der Waals surface area contributed by atoms with Crippen LogP contribution in [0.1, 0.15) is 39.0 Å². The summed E-state index contributed by atoms with van der Waals surface area (Å²) in [5.74, 6) is -2.16. The minimum atomic E-state index is -1.04. The van der Waals surface area contributed by atoms with Crippen molar-refractivity contribution < 1.29 is 23.7 Å². The monoisotopic (exact) mass is 317 g/mol. The van der Waals surface area contributed by atoms with Gasteiger partial charge >= 0.3 is 11.9 Å². The Balaban J connectivity index is 2.12. The molecule has 0 spiro atoms. The highest BCUT2D eigenvalue weighted by Crippen LogP contribution is 2.18. The summed E-state index contributed by atoms with van der Waals surface area (Å²) in [4.78, 5) is 34.0. The SMILES string of the molecule is Cc1ccc(C)c(C(=O)[C@@H](C)OC(=O)c2ccc([N+](=O)[O-])o2)c1. The lowest BCUT2D eigenvalue weighted by atomic mass is 9.99. The third kappa shape index (κ3) is 3.63. The number of esters is 1. The van der Waals surface area contributed by atoms with E-state index in [9.17, 15) is 19.7 Å². The van der Waals surface area contributed by atoms with Gasteiger partial charge in [-0.1, -0.05) is 17.7 Å². The minimum absolute atomic E-state index is 0.322. The molecule has 0 N–H and O–H groups in total. The second-order valence-electron chi connectivity index (χ2n) is 5.13. The lowest BCUT2D eigenvalue weighted by Gasteiger charge is -2.13. The number of hydrogen-bond acceptors (Lipinski definition) is 6. The van der Waals surface area contributed by atoms with Gasteiger partial charge in [-0.25, -0.2) is 4.79 Å². The van der Waals surface area contributed by atoms with Crippen molar-refractivity contribution in [3.63, 3.8) is 0 Å². The molecule has 2 rings (SSSR count). The molecule has 1 atom stereocenters. The van der Waals surface area contributed by atoms with E-state index >= 15 is 0 Å². The van der Waals surface area contributed by atoms with E-state index in [1.54, 1.807) is 13.0 Å². The van der Waals surface area contributed by atoms with E-state index < -0.39 is 22.9 Å². The number of Topliss-reactive ketones (excluding diaryl/α,β-unsaturated/α-hetero) is 1. The van der Waals surface area contributed by atoms with Crippen LogP contribution < -0.4 is 0 Å².